The zero-order valence-electron chi connectivity index (χ0n) is 11.7. The van der Waals surface area contributed by atoms with Gasteiger partial charge in [0.1, 0.15) is 18.2 Å². The highest BCUT2D eigenvalue weighted by Crippen LogP contribution is 2.11. The van der Waals surface area contributed by atoms with Crippen LogP contribution in [0.3, 0.4) is 0 Å². The van der Waals surface area contributed by atoms with Gasteiger partial charge in [0.05, 0.1) is 0 Å². The summed E-state index contributed by atoms with van der Waals surface area (Å²) < 4.78 is 16.4. The van der Waals surface area contributed by atoms with E-state index in [9.17, 15) is 4.21 Å². The number of anilines is 2. The number of hydrogen-bond acceptors (Lipinski definition) is 6. The van der Waals surface area contributed by atoms with Gasteiger partial charge in [-0.1, -0.05) is 6.92 Å². The Morgan fingerprint density at radius 3 is 2.53 bits per heavy atom. The molecule has 0 amide bonds. The number of hydrogen-bond donors (Lipinski definition) is 2. The largest absolute Gasteiger partial charge is 0.377 e. The minimum atomic E-state index is -0.764. The number of nitrogens with one attached hydrogen (secondary N) is 2. The third-order valence-electron chi connectivity index (χ3n) is 2.36. The number of aromatic nitrogens is 2. The highest BCUT2D eigenvalue weighted by atomic mass is 32.2. The van der Waals surface area contributed by atoms with E-state index in [0.29, 0.717) is 30.5 Å². The van der Waals surface area contributed by atoms with Crippen LogP contribution in [0.5, 0.6) is 0 Å². The fourth-order valence-electron chi connectivity index (χ4n) is 1.49. The molecular formula is C12H22N4O2S. The Kier molecular flexibility index (Phi) is 7.35. The SMILES string of the molecule is CCNc1cc(NCCS(=O)CC)nc(COC)n1. The van der Waals surface area contributed by atoms with E-state index in [4.69, 9.17) is 4.74 Å². The van der Waals surface area contributed by atoms with Crippen molar-refractivity contribution in [1.29, 1.82) is 0 Å². The molecule has 1 aromatic heterocycles. The molecule has 0 spiro atoms. The summed E-state index contributed by atoms with van der Waals surface area (Å²) in [4.78, 5) is 8.67. The lowest BCUT2D eigenvalue weighted by Crippen LogP contribution is -2.14. The van der Waals surface area contributed by atoms with Gasteiger partial charge in [0.2, 0.25) is 0 Å². The van der Waals surface area contributed by atoms with Crippen LogP contribution in [0.1, 0.15) is 19.7 Å². The minimum Gasteiger partial charge on any atom is -0.377 e. The lowest BCUT2D eigenvalue weighted by atomic mass is 10.4. The smallest absolute Gasteiger partial charge is 0.158 e. The average Bonchev–Trinajstić information content (AvgIpc) is 2.39. The normalized spacial score (nSPS) is 12.2. The molecule has 1 aromatic rings. The summed E-state index contributed by atoms with van der Waals surface area (Å²) >= 11 is 0. The third kappa shape index (κ3) is 5.98. The summed E-state index contributed by atoms with van der Waals surface area (Å²) in [6.45, 7) is 5.73. The highest BCUT2D eigenvalue weighted by molar-refractivity contribution is 7.84. The van der Waals surface area contributed by atoms with E-state index >= 15 is 0 Å². The van der Waals surface area contributed by atoms with Crippen LogP contribution in [0.2, 0.25) is 0 Å². The number of methoxy groups -OCH3 is 1. The van der Waals surface area contributed by atoms with Crippen LogP contribution >= 0.6 is 0 Å². The standard InChI is InChI=1S/C12H22N4O2S/c1-4-13-10-8-11(14-6-7-19(17)5-2)16-12(15-10)9-18-3/h8H,4-7,9H2,1-3H3,(H2,13,14,15,16). The second-order valence-corrected chi connectivity index (χ2v) is 5.74. The molecular weight excluding hydrogens is 264 g/mol. The molecule has 6 nitrogen and oxygen atoms in total. The van der Waals surface area contributed by atoms with E-state index in [1.54, 1.807) is 7.11 Å². The molecule has 0 radical (unpaired) electrons. The first-order valence-corrected chi connectivity index (χ1v) is 7.88. The van der Waals surface area contributed by atoms with Crippen LogP contribution in [0.15, 0.2) is 6.07 Å². The predicted octanol–water partition coefficient (Wildman–Crippen LogP) is 1.24. The van der Waals surface area contributed by atoms with Crippen molar-refractivity contribution in [1.82, 2.24) is 9.97 Å². The summed E-state index contributed by atoms with van der Waals surface area (Å²) in [5.41, 5.74) is 0. The van der Waals surface area contributed by atoms with Gasteiger partial charge in [0.25, 0.3) is 0 Å². The van der Waals surface area contributed by atoms with Gasteiger partial charge in [-0.3, -0.25) is 4.21 Å². The molecule has 108 valence electrons. The van der Waals surface area contributed by atoms with Gasteiger partial charge in [0.15, 0.2) is 5.82 Å². The van der Waals surface area contributed by atoms with E-state index in [2.05, 4.69) is 20.6 Å². The molecule has 0 aliphatic rings. The molecule has 2 N–H and O–H groups in total. The van der Waals surface area contributed by atoms with Crippen molar-refractivity contribution in [3.8, 4) is 0 Å². The topological polar surface area (TPSA) is 76.1 Å². The molecule has 1 heterocycles. The molecule has 1 rings (SSSR count). The van der Waals surface area contributed by atoms with Crippen LogP contribution < -0.4 is 10.6 Å². The van der Waals surface area contributed by atoms with Gasteiger partial charge < -0.3 is 15.4 Å². The lowest BCUT2D eigenvalue weighted by molar-refractivity contribution is 0.178. The van der Waals surface area contributed by atoms with E-state index in [-0.39, 0.29) is 0 Å². The minimum absolute atomic E-state index is 0.370. The molecule has 1 unspecified atom stereocenters. The van der Waals surface area contributed by atoms with Gasteiger partial charge in [-0.25, -0.2) is 9.97 Å². The Hall–Kier alpha value is -1.21. The van der Waals surface area contributed by atoms with Gasteiger partial charge in [-0.05, 0) is 6.92 Å². The maximum absolute atomic E-state index is 11.3. The Bertz CT molecular complexity index is 390. The summed E-state index contributed by atoms with van der Waals surface area (Å²) in [6, 6.07) is 1.84. The van der Waals surface area contributed by atoms with Crippen molar-refractivity contribution >= 4 is 22.4 Å². The van der Waals surface area contributed by atoms with Crippen LogP contribution in [-0.4, -0.2) is 45.9 Å². The molecule has 0 aromatic carbocycles. The second kappa shape index (κ2) is 8.82. The second-order valence-electron chi connectivity index (χ2n) is 3.88. The number of nitrogens with zero attached hydrogens (tertiary/aromatic N) is 2. The van der Waals surface area contributed by atoms with Gasteiger partial charge in [0, 0.05) is 48.6 Å². The van der Waals surface area contributed by atoms with Crippen LogP contribution in [0.4, 0.5) is 11.6 Å². The maximum atomic E-state index is 11.3. The molecule has 19 heavy (non-hydrogen) atoms. The molecule has 1 atom stereocenters. The summed E-state index contributed by atoms with van der Waals surface area (Å²) in [5, 5.41) is 6.32. The van der Waals surface area contributed by atoms with Crippen LogP contribution in [0, 0.1) is 0 Å². The first kappa shape index (κ1) is 15.8. The maximum Gasteiger partial charge on any atom is 0.158 e. The number of rotatable bonds is 9. The van der Waals surface area contributed by atoms with Crippen molar-refractivity contribution in [3.63, 3.8) is 0 Å². The van der Waals surface area contributed by atoms with Gasteiger partial charge in [-0.2, -0.15) is 0 Å². The van der Waals surface area contributed by atoms with Gasteiger partial charge >= 0.3 is 0 Å². The highest BCUT2D eigenvalue weighted by Gasteiger charge is 2.04. The molecule has 0 saturated carbocycles. The predicted molar refractivity (Wildman–Crippen MR) is 78.9 cm³/mol. The monoisotopic (exact) mass is 286 g/mol. The van der Waals surface area contributed by atoms with Gasteiger partial charge in [-0.15, -0.1) is 0 Å². The van der Waals surface area contributed by atoms with Crippen molar-refractivity contribution in [3.05, 3.63) is 11.9 Å². The fraction of sp³-hybridized carbons (Fsp3) is 0.667. The first-order valence-electron chi connectivity index (χ1n) is 6.39. The Balaban J connectivity index is 2.66. The Labute approximate surface area is 116 Å². The van der Waals surface area contributed by atoms with E-state index in [1.165, 1.54) is 0 Å². The summed E-state index contributed by atoms with van der Waals surface area (Å²) in [5.74, 6) is 3.43. The van der Waals surface area contributed by atoms with Crippen molar-refractivity contribution < 1.29 is 8.95 Å². The van der Waals surface area contributed by atoms with E-state index < -0.39 is 10.8 Å². The zero-order chi connectivity index (χ0) is 14.1. The zero-order valence-corrected chi connectivity index (χ0v) is 12.5. The van der Waals surface area contributed by atoms with E-state index in [1.807, 2.05) is 19.9 Å². The summed E-state index contributed by atoms with van der Waals surface area (Å²) in [7, 11) is 0.848. The van der Waals surface area contributed by atoms with Crippen molar-refractivity contribution in [2.75, 3.05) is 42.3 Å². The van der Waals surface area contributed by atoms with Crippen LogP contribution in [-0.2, 0) is 22.1 Å². The lowest BCUT2D eigenvalue weighted by Gasteiger charge is -2.10. The Morgan fingerprint density at radius 1 is 1.26 bits per heavy atom. The quantitative estimate of drug-likeness (QED) is 0.711. The molecule has 0 aliphatic heterocycles. The molecule has 0 fully saturated rings. The molecule has 0 aliphatic carbocycles. The fourth-order valence-corrected chi connectivity index (χ4v) is 2.11. The van der Waals surface area contributed by atoms with Crippen molar-refractivity contribution in [2.24, 2.45) is 0 Å². The third-order valence-corrected chi connectivity index (χ3v) is 3.67. The molecule has 7 heteroatoms. The number of ether oxygens (including phenoxy) is 1. The van der Waals surface area contributed by atoms with E-state index in [0.717, 1.165) is 18.2 Å². The first-order chi connectivity index (χ1) is 9.19. The average molecular weight is 286 g/mol. The molecule has 0 bridgehead atoms. The Morgan fingerprint density at radius 2 is 1.95 bits per heavy atom. The molecule has 0 saturated heterocycles. The van der Waals surface area contributed by atoms with Crippen LogP contribution in [0.25, 0.3) is 0 Å². The van der Waals surface area contributed by atoms with Crippen molar-refractivity contribution in [2.45, 2.75) is 20.5 Å². The summed E-state index contributed by atoms with van der Waals surface area (Å²) in [6.07, 6.45) is 0.